The molecule has 8 heteroatoms. The number of carbonyl (C=O) groups is 1. The quantitative estimate of drug-likeness (QED) is 0.675. The van der Waals surface area contributed by atoms with Crippen LogP contribution in [0.25, 0.3) is 0 Å². The van der Waals surface area contributed by atoms with Crippen LogP contribution in [0.2, 0.25) is 0 Å². The number of halogens is 1. The third-order valence-corrected chi connectivity index (χ3v) is 5.82. The Balaban J connectivity index is 0.00000312. The van der Waals surface area contributed by atoms with Crippen molar-refractivity contribution in [2.45, 2.75) is 43.5 Å². The molecule has 1 aliphatic rings. The molecule has 1 aromatic rings. The molecule has 1 amide bonds. The number of hydrogen-bond donors (Lipinski definition) is 2. The minimum atomic E-state index is -3.77. The second kappa shape index (κ2) is 9.52. The zero-order chi connectivity index (χ0) is 17.7. The van der Waals surface area contributed by atoms with Crippen LogP contribution in [-0.2, 0) is 10.0 Å². The molecule has 0 heterocycles. The van der Waals surface area contributed by atoms with E-state index in [2.05, 4.69) is 4.72 Å². The SMILES string of the molecule is CCCCN(C)C(=O)c1ccccc1S(=O)(=O)NCC(N)C1CC1.Cl. The summed E-state index contributed by atoms with van der Waals surface area (Å²) in [4.78, 5) is 14.2. The Kier molecular flexibility index (Phi) is 8.34. The van der Waals surface area contributed by atoms with Crippen LogP contribution in [0.5, 0.6) is 0 Å². The summed E-state index contributed by atoms with van der Waals surface area (Å²) in [5.41, 5.74) is 6.16. The molecule has 1 fully saturated rings. The Morgan fingerprint density at radius 3 is 2.60 bits per heavy atom. The normalized spacial score (nSPS) is 15.3. The van der Waals surface area contributed by atoms with Gasteiger partial charge in [-0.25, -0.2) is 13.1 Å². The molecule has 0 radical (unpaired) electrons. The van der Waals surface area contributed by atoms with Crippen LogP contribution in [0.1, 0.15) is 43.0 Å². The van der Waals surface area contributed by atoms with Gasteiger partial charge in [-0.15, -0.1) is 12.4 Å². The number of nitrogens with one attached hydrogen (secondary N) is 1. The molecule has 1 aromatic carbocycles. The van der Waals surface area contributed by atoms with Gasteiger partial charge < -0.3 is 10.6 Å². The van der Waals surface area contributed by atoms with Crippen molar-refractivity contribution in [3.8, 4) is 0 Å². The predicted octanol–water partition coefficient (Wildman–Crippen LogP) is 2.00. The zero-order valence-corrected chi connectivity index (χ0v) is 16.4. The topological polar surface area (TPSA) is 92.5 Å². The van der Waals surface area contributed by atoms with Gasteiger partial charge in [0.1, 0.15) is 0 Å². The number of hydrogen-bond acceptors (Lipinski definition) is 4. The number of benzene rings is 1. The average molecular weight is 390 g/mol. The van der Waals surface area contributed by atoms with E-state index in [1.807, 2.05) is 6.92 Å². The Hall–Kier alpha value is -1.15. The molecule has 0 bridgehead atoms. The van der Waals surface area contributed by atoms with E-state index in [9.17, 15) is 13.2 Å². The number of rotatable bonds is 9. The summed E-state index contributed by atoms with van der Waals surface area (Å²) in [6, 6.07) is 6.15. The predicted molar refractivity (Wildman–Crippen MR) is 101 cm³/mol. The molecule has 0 spiro atoms. The lowest BCUT2D eigenvalue weighted by molar-refractivity contribution is 0.0789. The van der Waals surface area contributed by atoms with Gasteiger partial charge >= 0.3 is 0 Å². The van der Waals surface area contributed by atoms with Crippen LogP contribution in [0, 0.1) is 5.92 Å². The summed E-state index contributed by atoms with van der Waals surface area (Å²) in [7, 11) is -2.08. The van der Waals surface area contributed by atoms with Gasteiger partial charge in [-0.05, 0) is 37.3 Å². The van der Waals surface area contributed by atoms with Crippen molar-refractivity contribution in [3.63, 3.8) is 0 Å². The Morgan fingerprint density at radius 1 is 1.36 bits per heavy atom. The van der Waals surface area contributed by atoms with E-state index in [4.69, 9.17) is 5.73 Å². The lowest BCUT2D eigenvalue weighted by Gasteiger charge is -2.19. The molecule has 0 saturated heterocycles. The molecule has 1 aliphatic carbocycles. The van der Waals surface area contributed by atoms with Crippen LogP contribution in [-0.4, -0.2) is 45.4 Å². The molecular weight excluding hydrogens is 362 g/mol. The van der Waals surface area contributed by atoms with E-state index in [1.54, 1.807) is 30.1 Å². The van der Waals surface area contributed by atoms with E-state index in [-0.39, 0.29) is 41.4 Å². The van der Waals surface area contributed by atoms with Crippen LogP contribution >= 0.6 is 12.4 Å². The summed E-state index contributed by atoms with van der Waals surface area (Å²) in [6.45, 7) is 2.84. The van der Waals surface area contributed by atoms with Crippen molar-refractivity contribution in [3.05, 3.63) is 29.8 Å². The van der Waals surface area contributed by atoms with Crippen LogP contribution in [0.15, 0.2) is 29.2 Å². The van der Waals surface area contributed by atoms with Crippen molar-refractivity contribution in [2.24, 2.45) is 11.7 Å². The highest BCUT2D eigenvalue weighted by Crippen LogP contribution is 2.31. The number of carbonyl (C=O) groups excluding carboxylic acids is 1. The lowest BCUT2D eigenvalue weighted by Crippen LogP contribution is -2.39. The number of amides is 1. The molecule has 1 unspecified atom stereocenters. The number of nitrogens with two attached hydrogens (primary N) is 1. The standard InChI is InChI=1S/C17H27N3O3S.ClH/c1-3-4-11-20(2)17(21)14-7-5-6-8-16(14)24(22,23)19-12-15(18)13-9-10-13;/h5-8,13,15,19H,3-4,9-12,18H2,1-2H3;1H. The summed E-state index contributed by atoms with van der Waals surface area (Å²) in [5.74, 6) is 0.126. The number of sulfonamides is 1. The molecule has 0 aromatic heterocycles. The van der Waals surface area contributed by atoms with E-state index in [1.165, 1.54) is 6.07 Å². The first-order chi connectivity index (χ1) is 11.4. The monoisotopic (exact) mass is 389 g/mol. The van der Waals surface area contributed by atoms with Crippen molar-refractivity contribution < 1.29 is 13.2 Å². The minimum absolute atomic E-state index is 0. The van der Waals surface area contributed by atoms with Crippen molar-refractivity contribution in [1.29, 1.82) is 0 Å². The zero-order valence-electron chi connectivity index (χ0n) is 14.8. The minimum Gasteiger partial charge on any atom is -0.342 e. The van der Waals surface area contributed by atoms with Crippen LogP contribution in [0.3, 0.4) is 0 Å². The maximum absolute atomic E-state index is 12.6. The van der Waals surface area contributed by atoms with Crippen molar-refractivity contribution in [1.82, 2.24) is 9.62 Å². The molecule has 0 aliphatic heterocycles. The summed E-state index contributed by atoms with van der Waals surface area (Å²) < 4.78 is 27.8. The van der Waals surface area contributed by atoms with Gasteiger partial charge in [-0.3, -0.25) is 4.79 Å². The summed E-state index contributed by atoms with van der Waals surface area (Å²) >= 11 is 0. The Morgan fingerprint density at radius 2 is 2.00 bits per heavy atom. The Bertz CT molecular complexity index is 677. The van der Waals surface area contributed by atoms with Gasteiger partial charge in [-0.1, -0.05) is 25.5 Å². The fraction of sp³-hybridized carbons (Fsp3) is 0.588. The van der Waals surface area contributed by atoms with E-state index in [0.29, 0.717) is 12.5 Å². The molecule has 6 nitrogen and oxygen atoms in total. The van der Waals surface area contributed by atoms with Gasteiger partial charge in [0, 0.05) is 26.2 Å². The third kappa shape index (κ3) is 5.95. The molecule has 142 valence electrons. The van der Waals surface area contributed by atoms with Gasteiger partial charge in [0.05, 0.1) is 10.5 Å². The largest absolute Gasteiger partial charge is 0.342 e. The average Bonchev–Trinajstić information content (AvgIpc) is 3.42. The fourth-order valence-electron chi connectivity index (χ4n) is 2.55. The molecule has 1 saturated carbocycles. The Labute approximate surface area is 156 Å². The second-order valence-electron chi connectivity index (χ2n) is 6.43. The first-order valence-corrected chi connectivity index (χ1v) is 9.95. The number of nitrogens with zero attached hydrogens (tertiary/aromatic N) is 1. The first-order valence-electron chi connectivity index (χ1n) is 8.46. The number of unbranched alkanes of at least 4 members (excludes halogenated alkanes) is 1. The van der Waals surface area contributed by atoms with Crippen LogP contribution in [0.4, 0.5) is 0 Å². The highest BCUT2D eigenvalue weighted by molar-refractivity contribution is 7.89. The van der Waals surface area contributed by atoms with Crippen molar-refractivity contribution >= 4 is 28.3 Å². The maximum atomic E-state index is 12.6. The fourth-order valence-corrected chi connectivity index (χ4v) is 3.82. The molecule has 1 atom stereocenters. The van der Waals surface area contributed by atoms with Crippen LogP contribution < -0.4 is 10.5 Å². The van der Waals surface area contributed by atoms with Gasteiger partial charge in [-0.2, -0.15) is 0 Å². The lowest BCUT2D eigenvalue weighted by atomic mass is 10.2. The van der Waals surface area contributed by atoms with Gasteiger partial charge in [0.2, 0.25) is 10.0 Å². The van der Waals surface area contributed by atoms with E-state index >= 15 is 0 Å². The molecule has 25 heavy (non-hydrogen) atoms. The first kappa shape index (κ1) is 21.9. The maximum Gasteiger partial charge on any atom is 0.254 e. The van der Waals surface area contributed by atoms with E-state index in [0.717, 1.165) is 25.7 Å². The molecule has 2 rings (SSSR count). The highest BCUT2D eigenvalue weighted by Gasteiger charge is 2.30. The molecular formula is C17H28ClN3O3S. The second-order valence-corrected chi connectivity index (χ2v) is 8.16. The van der Waals surface area contributed by atoms with Gasteiger partial charge in [0.15, 0.2) is 0 Å². The molecule has 3 N–H and O–H groups in total. The van der Waals surface area contributed by atoms with Gasteiger partial charge in [0.25, 0.3) is 5.91 Å². The smallest absolute Gasteiger partial charge is 0.254 e. The van der Waals surface area contributed by atoms with Crippen molar-refractivity contribution in [2.75, 3.05) is 20.1 Å². The highest BCUT2D eigenvalue weighted by atomic mass is 35.5. The third-order valence-electron chi connectivity index (χ3n) is 4.34. The van der Waals surface area contributed by atoms with E-state index < -0.39 is 10.0 Å². The summed E-state index contributed by atoms with van der Waals surface area (Å²) in [5, 5.41) is 0. The summed E-state index contributed by atoms with van der Waals surface area (Å²) in [6.07, 6.45) is 3.96.